The van der Waals surface area contributed by atoms with E-state index in [1.165, 1.54) is 19.2 Å². The van der Waals surface area contributed by atoms with Crippen LogP contribution in [0.2, 0.25) is 0 Å². The van der Waals surface area contributed by atoms with Gasteiger partial charge in [0, 0.05) is 11.6 Å². The third-order valence-electron chi connectivity index (χ3n) is 4.94. The van der Waals surface area contributed by atoms with Crippen molar-refractivity contribution in [3.63, 3.8) is 0 Å². The summed E-state index contributed by atoms with van der Waals surface area (Å²) in [4.78, 5) is 15.5. The zero-order chi connectivity index (χ0) is 22.2. The Labute approximate surface area is 178 Å². The number of fused-ring (bicyclic) bond motifs is 1. The normalized spacial score (nSPS) is 11.5. The zero-order valence-electron chi connectivity index (χ0n) is 16.7. The van der Waals surface area contributed by atoms with Crippen molar-refractivity contribution in [1.29, 1.82) is 0 Å². The number of oxazole rings is 1. The summed E-state index contributed by atoms with van der Waals surface area (Å²) in [5.74, 6) is 0.451. The average molecular weight is 438 g/mol. The first-order chi connectivity index (χ1) is 14.8. The second-order valence-corrected chi connectivity index (χ2v) is 9.05. The Bertz CT molecular complexity index is 1390. The fourth-order valence-corrected chi connectivity index (χ4v) is 4.10. The molecule has 9 heteroatoms. The largest absolute Gasteiger partial charge is 0.490 e. The maximum absolute atomic E-state index is 12.0. The third kappa shape index (κ3) is 3.87. The van der Waals surface area contributed by atoms with Gasteiger partial charge < -0.3 is 9.15 Å². The van der Waals surface area contributed by atoms with Gasteiger partial charge in [-0.25, -0.2) is 13.4 Å². The molecule has 0 saturated heterocycles. The molecule has 31 heavy (non-hydrogen) atoms. The van der Waals surface area contributed by atoms with Crippen molar-refractivity contribution in [3.8, 4) is 28.3 Å². The topological polar surface area (TPSA) is 113 Å². The van der Waals surface area contributed by atoms with Crippen LogP contribution in [-0.4, -0.2) is 31.2 Å². The first-order valence-electron chi connectivity index (χ1n) is 9.39. The monoisotopic (exact) mass is 438 g/mol. The molecule has 0 radical (unpaired) electrons. The fourth-order valence-electron chi connectivity index (χ4n) is 3.22. The highest BCUT2D eigenvalue weighted by Crippen LogP contribution is 2.34. The lowest BCUT2D eigenvalue weighted by atomic mass is 10.1. The van der Waals surface area contributed by atoms with Gasteiger partial charge in [-0.15, -0.1) is 0 Å². The highest BCUT2D eigenvalue weighted by Gasteiger charge is 2.18. The lowest BCUT2D eigenvalue weighted by molar-refractivity contribution is -0.385. The molecule has 0 spiro atoms. The van der Waals surface area contributed by atoms with Crippen molar-refractivity contribution in [2.75, 3.05) is 12.9 Å². The minimum absolute atomic E-state index is 0.0452. The first-order valence-corrected chi connectivity index (χ1v) is 11.0. The van der Waals surface area contributed by atoms with Crippen molar-refractivity contribution in [2.45, 2.75) is 11.8 Å². The molecule has 0 atom stereocenters. The molecule has 0 aliphatic rings. The van der Waals surface area contributed by atoms with Gasteiger partial charge in [0.2, 0.25) is 5.89 Å². The Morgan fingerprint density at radius 1 is 1.00 bits per heavy atom. The van der Waals surface area contributed by atoms with Crippen LogP contribution in [0.5, 0.6) is 5.75 Å². The van der Waals surface area contributed by atoms with Crippen LogP contribution >= 0.6 is 0 Å². The summed E-state index contributed by atoms with van der Waals surface area (Å²) in [7, 11) is -1.89. The number of aromatic nitrogens is 1. The number of rotatable bonds is 6. The van der Waals surface area contributed by atoms with E-state index in [0.29, 0.717) is 16.7 Å². The second-order valence-electron chi connectivity index (χ2n) is 6.77. The molecule has 3 aromatic carbocycles. The molecule has 4 aromatic rings. The quantitative estimate of drug-likeness (QED) is 0.312. The number of benzene rings is 3. The highest BCUT2D eigenvalue weighted by molar-refractivity contribution is 7.91. The predicted molar refractivity (Wildman–Crippen MR) is 116 cm³/mol. The van der Waals surface area contributed by atoms with E-state index in [1.54, 1.807) is 43.3 Å². The Kier molecular flexibility index (Phi) is 5.20. The van der Waals surface area contributed by atoms with Gasteiger partial charge in [-0.1, -0.05) is 25.1 Å². The van der Waals surface area contributed by atoms with Gasteiger partial charge in [-0.05, 0) is 47.5 Å². The molecule has 0 amide bonds. The van der Waals surface area contributed by atoms with E-state index < -0.39 is 14.8 Å². The number of nitro benzene ring substituents is 1. The maximum atomic E-state index is 12.0. The summed E-state index contributed by atoms with van der Waals surface area (Å²) >= 11 is 0. The van der Waals surface area contributed by atoms with E-state index in [-0.39, 0.29) is 28.0 Å². The van der Waals surface area contributed by atoms with Crippen LogP contribution < -0.4 is 4.74 Å². The molecule has 0 fully saturated rings. The lowest BCUT2D eigenvalue weighted by Gasteiger charge is -2.04. The second kappa shape index (κ2) is 7.84. The van der Waals surface area contributed by atoms with Crippen LogP contribution in [0.4, 0.5) is 5.69 Å². The first kappa shape index (κ1) is 20.5. The molecule has 158 valence electrons. The Morgan fingerprint density at radius 3 is 2.32 bits per heavy atom. The molecular weight excluding hydrogens is 420 g/mol. The van der Waals surface area contributed by atoms with E-state index in [1.807, 2.05) is 12.1 Å². The van der Waals surface area contributed by atoms with Crippen molar-refractivity contribution in [3.05, 3.63) is 70.8 Å². The van der Waals surface area contributed by atoms with E-state index in [0.717, 1.165) is 11.1 Å². The van der Waals surface area contributed by atoms with Gasteiger partial charge in [0.1, 0.15) is 5.52 Å². The van der Waals surface area contributed by atoms with E-state index in [4.69, 9.17) is 9.15 Å². The predicted octanol–water partition coefficient (Wildman–Crippen LogP) is 4.87. The van der Waals surface area contributed by atoms with Crippen LogP contribution in [0.1, 0.15) is 6.92 Å². The van der Waals surface area contributed by atoms with Gasteiger partial charge in [-0.3, -0.25) is 10.1 Å². The molecule has 8 nitrogen and oxygen atoms in total. The summed E-state index contributed by atoms with van der Waals surface area (Å²) in [5, 5.41) is 11.3. The van der Waals surface area contributed by atoms with Gasteiger partial charge in [0.15, 0.2) is 21.2 Å². The standard InChI is InChI=1S/C22H18N2O6S/c1-3-31(27,28)17-8-4-14(5-9-17)15-6-10-20-18(12-15)23-22(30-20)16-7-11-21(29-2)19(13-16)24(25)26/h4-13H,3H2,1-2H3. The van der Waals surface area contributed by atoms with Crippen LogP contribution in [0, 0.1) is 10.1 Å². The van der Waals surface area contributed by atoms with Gasteiger partial charge in [0.05, 0.1) is 22.7 Å². The van der Waals surface area contributed by atoms with Gasteiger partial charge >= 0.3 is 5.69 Å². The number of ether oxygens (including phenoxy) is 1. The van der Waals surface area contributed by atoms with E-state index >= 15 is 0 Å². The summed E-state index contributed by atoms with van der Waals surface area (Å²) in [6, 6.07) is 16.6. The number of nitrogens with zero attached hydrogens (tertiary/aromatic N) is 2. The van der Waals surface area contributed by atoms with E-state index in [9.17, 15) is 18.5 Å². The fraction of sp³-hybridized carbons (Fsp3) is 0.136. The average Bonchev–Trinajstić information content (AvgIpc) is 3.22. The highest BCUT2D eigenvalue weighted by atomic mass is 32.2. The van der Waals surface area contributed by atoms with Gasteiger partial charge in [-0.2, -0.15) is 0 Å². The molecule has 0 N–H and O–H groups in total. The number of hydrogen-bond acceptors (Lipinski definition) is 7. The Morgan fingerprint density at radius 2 is 1.68 bits per heavy atom. The van der Waals surface area contributed by atoms with Crippen LogP contribution in [-0.2, 0) is 9.84 Å². The van der Waals surface area contributed by atoms with Crippen LogP contribution in [0.25, 0.3) is 33.7 Å². The SMILES string of the molecule is CCS(=O)(=O)c1ccc(-c2ccc3oc(-c4ccc(OC)c([N+](=O)[O-])c4)nc3c2)cc1. The molecule has 0 unspecified atom stereocenters. The minimum Gasteiger partial charge on any atom is -0.490 e. The molecule has 0 saturated carbocycles. The number of sulfone groups is 1. The third-order valence-corrected chi connectivity index (χ3v) is 6.69. The van der Waals surface area contributed by atoms with Crippen LogP contribution in [0.15, 0.2) is 70.0 Å². The van der Waals surface area contributed by atoms with Crippen LogP contribution in [0.3, 0.4) is 0 Å². The number of hydrogen-bond donors (Lipinski definition) is 0. The Balaban J connectivity index is 1.71. The summed E-state index contributed by atoms with van der Waals surface area (Å²) in [6.45, 7) is 1.61. The zero-order valence-corrected chi connectivity index (χ0v) is 17.5. The van der Waals surface area contributed by atoms with Crippen molar-refractivity contribution in [1.82, 2.24) is 4.98 Å². The summed E-state index contributed by atoms with van der Waals surface area (Å²) in [5.41, 5.74) is 3.07. The number of methoxy groups -OCH3 is 1. The molecular formula is C22H18N2O6S. The molecule has 1 aromatic heterocycles. The smallest absolute Gasteiger partial charge is 0.311 e. The molecule has 1 heterocycles. The van der Waals surface area contributed by atoms with Crippen molar-refractivity contribution >= 4 is 26.6 Å². The molecule has 4 rings (SSSR count). The van der Waals surface area contributed by atoms with Crippen molar-refractivity contribution < 1.29 is 22.5 Å². The summed E-state index contributed by atoms with van der Waals surface area (Å²) < 4.78 is 34.8. The molecule has 0 aliphatic heterocycles. The molecule has 0 aliphatic carbocycles. The van der Waals surface area contributed by atoms with E-state index in [2.05, 4.69) is 4.98 Å². The molecule has 0 bridgehead atoms. The Hall–Kier alpha value is -3.72. The maximum Gasteiger partial charge on any atom is 0.311 e. The minimum atomic E-state index is -3.26. The van der Waals surface area contributed by atoms with Crippen molar-refractivity contribution in [2.24, 2.45) is 0 Å². The number of nitro groups is 1. The summed E-state index contributed by atoms with van der Waals surface area (Å²) in [6.07, 6.45) is 0. The van der Waals surface area contributed by atoms with Gasteiger partial charge in [0.25, 0.3) is 0 Å². The lowest BCUT2D eigenvalue weighted by Crippen LogP contribution is -2.03.